The zero-order valence-corrected chi connectivity index (χ0v) is 22.5. The maximum atomic E-state index is 13.1. The van der Waals surface area contributed by atoms with Crippen LogP contribution in [-0.2, 0) is 30.4 Å². The molecule has 0 radical (unpaired) electrons. The highest BCUT2D eigenvalue weighted by Crippen LogP contribution is 2.08. The quantitative estimate of drug-likeness (QED) is 0.107. The van der Waals surface area contributed by atoms with Crippen molar-refractivity contribution in [2.45, 2.75) is 69.1 Å². The van der Waals surface area contributed by atoms with Crippen LogP contribution in [0.15, 0.2) is 30.3 Å². The standard InChI is InChI=1S/C25H40N6O6S/c1-38-14-12-19(24(35)31-20(25(36)37)15-16-7-3-2-4-8-16)30-23(34)18(10-11-21(28)32)29-22(33)17(27)9-5-6-13-26/h2-4,7-8,17-20H,5-6,9-15,26-27H2,1H3,(H2,28,32)(H,29,33)(H,30,34)(H,31,35)(H,36,37). The molecular weight excluding hydrogens is 512 g/mol. The summed E-state index contributed by atoms with van der Waals surface area (Å²) in [5, 5.41) is 17.3. The first-order valence-electron chi connectivity index (χ1n) is 12.5. The third-order valence-corrected chi connectivity index (χ3v) is 6.40. The van der Waals surface area contributed by atoms with E-state index in [0.29, 0.717) is 31.6 Å². The van der Waals surface area contributed by atoms with Gasteiger partial charge in [-0.05, 0) is 49.8 Å². The summed E-state index contributed by atoms with van der Waals surface area (Å²) in [6.07, 6.45) is 3.52. The predicted molar refractivity (Wildman–Crippen MR) is 146 cm³/mol. The summed E-state index contributed by atoms with van der Waals surface area (Å²) < 4.78 is 0. The van der Waals surface area contributed by atoms with E-state index in [-0.39, 0.29) is 25.7 Å². The minimum absolute atomic E-state index is 0.0600. The van der Waals surface area contributed by atoms with Gasteiger partial charge in [0.05, 0.1) is 6.04 Å². The molecule has 0 heterocycles. The number of primary amides is 1. The van der Waals surface area contributed by atoms with Crippen LogP contribution in [0.4, 0.5) is 0 Å². The summed E-state index contributed by atoms with van der Waals surface area (Å²) in [5.41, 5.74) is 17.3. The smallest absolute Gasteiger partial charge is 0.326 e. The van der Waals surface area contributed by atoms with E-state index >= 15 is 0 Å². The van der Waals surface area contributed by atoms with Crippen molar-refractivity contribution < 1.29 is 29.1 Å². The molecule has 12 nitrogen and oxygen atoms in total. The molecule has 4 atom stereocenters. The molecule has 0 aliphatic heterocycles. The fourth-order valence-electron chi connectivity index (χ4n) is 3.57. The average molecular weight is 553 g/mol. The Morgan fingerprint density at radius 1 is 0.868 bits per heavy atom. The number of rotatable bonds is 19. The molecule has 4 unspecified atom stereocenters. The minimum atomic E-state index is -1.22. The molecule has 0 aliphatic carbocycles. The molecule has 212 valence electrons. The number of hydrogen-bond donors (Lipinski definition) is 7. The van der Waals surface area contributed by atoms with Crippen LogP contribution < -0.4 is 33.2 Å². The number of carboxylic acid groups (broad SMARTS) is 1. The number of carboxylic acids is 1. The summed E-state index contributed by atoms with van der Waals surface area (Å²) in [5.74, 6) is -3.33. The zero-order chi connectivity index (χ0) is 28.5. The van der Waals surface area contributed by atoms with Crippen molar-refractivity contribution in [2.75, 3.05) is 18.6 Å². The third-order valence-electron chi connectivity index (χ3n) is 5.76. The molecular formula is C25H40N6O6S. The molecule has 1 rings (SSSR count). The summed E-state index contributed by atoms with van der Waals surface area (Å²) in [4.78, 5) is 61.9. The van der Waals surface area contributed by atoms with E-state index < -0.39 is 53.8 Å². The highest BCUT2D eigenvalue weighted by Gasteiger charge is 2.30. The molecule has 10 N–H and O–H groups in total. The Morgan fingerprint density at radius 2 is 1.45 bits per heavy atom. The number of hydrogen-bond acceptors (Lipinski definition) is 8. The van der Waals surface area contributed by atoms with E-state index in [4.69, 9.17) is 17.2 Å². The van der Waals surface area contributed by atoms with Crippen molar-refractivity contribution in [3.63, 3.8) is 0 Å². The molecule has 38 heavy (non-hydrogen) atoms. The van der Waals surface area contributed by atoms with Gasteiger partial charge in [-0.1, -0.05) is 36.8 Å². The number of benzene rings is 1. The lowest BCUT2D eigenvalue weighted by molar-refractivity contribution is -0.142. The first kappa shape index (κ1) is 32.9. The molecule has 13 heteroatoms. The van der Waals surface area contributed by atoms with Crippen LogP contribution in [0, 0.1) is 0 Å². The number of thioether (sulfide) groups is 1. The molecule has 0 aliphatic rings. The molecule has 0 fully saturated rings. The van der Waals surface area contributed by atoms with Crippen molar-refractivity contribution in [3.05, 3.63) is 35.9 Å². The van der Waals surface area contributed by atoms with E-state index in [1.807, 2.05) is 6.26 Å². The van der Waals surface area contributed by atoms with E-state index in [1.54, 1.807) is 30.3 Å². The van der Waals surface area contributed by atoms with Gasteiger partial charge in [0.15, 0.2) is 0 Å². The highest BCUT2D eigenvalue weighted by atomic mass is 32.2. The lowest BCUT2D eigenvalue weighted by atomic mass is 10.0. The monoisotopic (exact) mass is 552 g/mol. The fourth-order valence-corrected chi connectivity index (χ4v) is 4.04. The van der Waals surface area contributed by atoms with Gasteiger partial charge in [-0.15, -0.1) is 0 Å². The second kappa shape index (κ2) is 18.2. The van der Waals surface area contributed by atoms with Crippen LogP contribution >= 0.6 is 11.8 Å². The number of unbranched alkanes of at least 4 members (excludes halogenated alkanes) is 1. The second-order valence-corrected chi connectivity index (χ2v) is 9.87. The number of amides is 4. The minimum Gasteiger partial charge on any atom is -0.480 e. The van der Waals surface area contributed by atoms with Crippen molar-refractivity contribution >= 4 is 41.4 Å². The fraction of sp³-hybridized carbons (Fsp3) is 0.560. The maximum absolute atomic E-state index is 13.1. The van der Waals surface area contributed by atoms with Crippen molar-refractivity contribution in [1.29, 1.82) is 0 Å². The van der Waals surface area contributed by atoms with E-state index in [0.717, 1.165) is 5.56 Å². The molecule has 4 amide bonds. The molecule has 1 aromatic rings. The largest absolute Gasteiger partial charge is 0.480 e. The van der Waals surface area contributed by atoms with Gasteiger partial charge < -0.3 is 38.3 Å². The molecule has 0 aromatic heterocycles. The van der Waals surface area contributed by atoms with Gasteiger partial charge in [0.2, 0.25) is 23.6 Å². The van der Waals surface area contributed by atoms with Crippen LogP contribution in [0.3, 0.4) is 0 Å². The zero-order valence-electron chi connectivity index (χ0n) is 21.7. The molecule has 0 bridgehead atoms. The maximum Gasteiger partial charge on any atom is 0.326 e. The van der Waals surface area contributed by atoms with Crippen LogP contribution in [0.2, 0.25) is 0 Å². The number of nitrogens with two attached hydrogens (primary N) is 3. The van der Waals surface area contributed by atoms with E-state index in [1.165, 1.54) is 11.8 Å². The highest BCUT2D eigenvalue weighted by molar-refractivity contribution is 7.98. The topological polar surface area (TPSA) is 220 Å². The summed E-state index contributed by atoms with van der Waals surface area (Å²) in [6, 6.07) is 4.50. The number of aliphatic carboxylic acids is 1. The third kappa shape index (κ3) is 12.9. The van der Waals surface area contributed by atoms with E-state index in [2.05, 4.69) is 16.0 Å². The van der Waals surface area contributed by atoms with Gasteiger partial charge >= 0.3 is 5.97 Å². The summed E-state index contributed by atoms with van der Waals surface area (Å²) >= 11 is 1.44. The molecule has 0 saturated carbocycles. The second-order valence-electron chi connectivity index (χ2n) is 8.89. The SMILES string of the molecule is CSCCC(NC(=O)C(CCC(N)=O)NC(=O)C(N)CCCCN)C(=O)NC(Cc1ccccc1)C(=O)O. The Kier molecular flexibility index (Phi) is 15.7. The molecule has 0 spiro atoms. The summed E-state index contributed by atoms with van der Waals surface area (Å²) in [6.45, 7) is 0.464. The van der Waals surface area contributed by atoms with Gasteiger partial charge in [-0.3, -0.25) is 19.2 Å². The Hall–Kier alpha value is -3.16. The number of carbonyl (C=O) groups excluding carboxylic acids is 4. The van der Waals surface area contributed by atoms with Crippen molar-refractivity contribution in [2.24, 2.45) is 17.2 Å². The first-order valence-corrected chi connectivity index (χ1v) is 13.9. The predicted octanol–water partition coefficient (Wildman–Crippen LogP) is -0.757. The van der Waals surface area contributed by atoms with Gasteiger partial charge in [0, 0.05) is 12.8 Å². The lowest BCUT2D eigenvalue weighted by Crippen LogP contribution is -2.57. The Balaban J connectivity index is 2.96. The Labute approximate surface area is 227 Å². The number of carbonyl (C=O) groups is 5. The Bertz CT molecular complexity index is 919. The van der Waals surface area contributed by atoms with Crippen molar-refractivity contribution in [3.8, 4) is 0 Å². The van der Waals surface area contributed by atoms with Crippen LogP contribution in [0.25, 0.3) is 0 Å². The number of nitrogens with one attached hydrogen (secondary N) is 3. The Morgan fingerprint density at radius 3 is 2.00 bits per heavy atom. The molecule has 0 saturated heterocycles. The van der Waals surface area contributed by atoms with Crippen LogP contribution in [0.5, 0.6) is 0 Å². The lowest BCUT2D eigenvalue weighted by Gasteiger charge is -2.25. The van der Waals surface area contributed by atoms with E-state index in [9.17, 15) is 29.1 Å². The normalized spacial score (nSPS) is 14.0. The van der Waals surface area contributed by atoms with Gasteiger partial charge in [-0.25, -0.2) is 4.79 Å². The summed E-state index contributed by atoms with van der Waals surface area (Å²) in [7, 11) is 0. The van der Waals surface area contributed by atoms with Gasteiger partial charge in [0.25, 0.3) is 0 Å². The van der Waals surface area contributed by atoms with Gasteiger partial charge in [0.1, 0.15) is 18.1 Å². The average Bonchev–Trinajstić information content (AvgIpc) is 2.88. The molecule has 1 aromatic carbocycles. The van der Waals surface area contributed by atoms with Crippen LogP contribution in [-0.4, -0.2) is 77.4 Å². The van der Waals surface area contributed by atoms with Gasteiger partial charge in [-0.2, -0.15) is 11.8 Å². The first-order chi connectivity index (χ1) is 18.1. The van der Waals surface area contributed by atoms with Crippen LogP contribution in [0.1, 0.15) is 44.1 Å². The van der Waals surface area contributed by atoms with Crippen molar-refractivity contribution in [1.82, 2.24) is 16.0 Å².